The van der Waals surface area contributed by atoms with Crippen LogP contribution in [0.3, 0.4) is 0 Å². The normalized spacial score (nSPS) is 15.1. The highest BCUT2D eigenvalue weighted by molar-refractivity contribution is 14.1. The molecule has 0 amide bonds. The Hall–Kier alpha value is -4.99. The minimum atomic E-state index is 0.0626. The first-order chi connectivity index (χ1) is 27.4. The monoisotopic (exact) mass is 904 g/mol. The Morgan fingerprint density at radius 2 is 1.19 bits per heavy atom. The number of thiazole rings is 2. The molecule has 0 radical (unpaired) electrons. The third kappa shape index (κ3) is 8.65. The largest absolute Gasteiger partial charge is 0.296 e. The number of fused-ring (bicyclic) bond motifs is 4. The fourth-order valence-corrected chi connectivity index (χ4v) is 8.98. The van der Waals surface area contributed by atoms with Crippen molar-refractivity contribution in [1.82, 2.24) is 39.0 Å². The average molecular weight is 905 g/mol. The van der Waals surface area contributed by atoms with Crippen molar-refractivity contribution in [3.63, 3.8) is 0 Å². The number of hydrogen-bond acceptors (Lipinski definition) is 10. The Morgan fingerprint density at radius 3 is 1.68 bits per heavy atom. The molecular formula is C44H41IN8O2S2. The van der Waals surface area contributed by atoms with Gasteiger partial charge in [-0.1, -0.05) is 52.0 Å². The molecule has 0 atom stereocenters. The quantitative estimate of drug-likeness (QED) is 0.127. The van der Waals surface area contributed by atoms with Crippen molar-refractivity contribution in [3.05, 3.63) is 138 Å². The van der Waals surface area contributed by atoms with E-state index in [1.165, 1.54) is 0 Å². The third-order valence-electron chi connectivity index (χ3n) is 10.3. The first kappa shape index (κ1) is 38.9. The fraction of sp³-hybridized carbons (Fsp3) is 0.273. The predicted octanol–water partition coefficient (Wildman–Crippen LogP) is 9.73. The first-order valence-electron chi connectivity index (χ1n) is 18.8. The predicted molar refractivity (Wildman–Crippen MR) is 239 cm³/mol. The van der Waals surface area contributed by atoms with E-state index in [4.69, 9.17) is 15.0 Å². The number of halogens is 1. The van der Waals surface area contributed by atoms with E-state index < -0.39 is 0 Å². The van der Waals surface area contributed by atoms with Gasteiger partial charge in [0, 0.05) is 66.4 Å². The van der Waals surface area contributed by atoms with Crippen molar-refractivity contribution in [3.8, 4) is 32.5 Å². The van der Waals surface area contributed by atoms with Gasteiger partial charge in [-0.2, -0.15) is 0 Å². The molecule has 10 nitrogen and oxygen atoms in total. The van der Waals surface area contributed by atoms with Crippen molar-refractivity contribution in [2.45, 2.75) is 66.5 Å². The zero-order chi connectivity index (χ0) is 39.7. The number of hydrogen-bond donors (Lipinski definition) is 0. The Labute approximate surface area is 352 Å². The van der Waals surface area contributed by atoms with E-state index in [1.807, 2.05) is 92.7 Å². The summed E-state index contributed by atoms with van der Waals surface area (Å²) in [5.41, 5.74) is 5.70. The van der Waals surface area contributed by atoms with Crippen LogP contribution in [-0.4, -0.2) is 39.0 Å². The molecule has 2 aromatic carbocycles. The molecule has 0 fully saturated rings. The first-order valence-corrected chi connectivity index (χ1v) is 21.7. The molecule has 0 bridgehead atoms. The summed E-state index contributed by atoms with van der Waals surface area (Å²) in [5.74, 6) is 1.80. The Morgan fingerprint density at radius 1 is 0.614 bits per heavy atom. The summed E-state index contributed by atoms with van der Waals surface area (Å²) in [6, 6.07) is 23.3. The van der Waals surface area contributed by atoms with Crippen LogP contribution < -0.4 is 11.1 Å². The zero-order valence-electron chi connectivity index (χ0n) is 32.1. The summed E-state index contributed by atoms with van der Waals surface area (Å²) < 4.78 is 4.75. The smallest absolute Gasteiger partial charge is 0.261 e. The van der Waals surface area contributed by atoms with Crippen LogP contribution in [0.15, 0.2) is 112 Å². The molecule has 57 heavy (non-hydrogen) atoms. The second kappa shape index (κ2) is 16.1. The van der Waals surface area contributed by atoms with E-state index in [-0.39, 0.29) is 21.9 Å². The van der Waals surface area contributed by atoms with Gasteiger partial charge in [-0.25, -0.2) is 19.9 Å². The van der Waals surface area contributed by atoms with Gasteiger partial charge >= 0.3 is 0 Å². The zero-order valence-corrected chi connectivity index (χ0v) is 35.9. The highest BCUT2D eigenvalue weighted by atomic mass is 127. The van der Waals surface area contributed by atoms with Gasteiger partial charge in [0.15, 0.2) is 0 Å². The lowest BCUT2D eigenvalue weighted by atomic mass is 9.85. The molecule has 0 unspecified atom stereocenters. The van der Waals surface area contributed by atoms with Crippen LogP contribution >= 0.6 is 45.3 Å². The van der Waals surface area contributed by atoms with Crippen molar-refractivity contribution in [1.29, 1.82) is 0 Å². The van der Waals surface area contributed by atoms with Crippen LogP contribution in [0.5, 0.6) is 0 Å². The Bertz CT molecular complexity index is 2820. The fourth-order valence-electron chi connectivity index (χ4n) is 7.17. The molecule has 0 N–H and O–H groups in total. The minimum absolute atomic E-state index is 0.0626. The Kier molecular flexibility index (Phi) is 11.0. The van der Waals surface area contributed by atoms with Gasteiger partial charge in [-0.3, -0.25) is 28.7 Å². The summed E-state index contributed by atoms with van der Waals surface area (Å²) in [7, 11) is 0. The topological polar surface area (TPSA) is 121 Å². The third-order valence-corrected chi connectivity index (χ3v) is 12.6. The highest BCUT2D eigenvalue weighted by Crippen LogP contribution is 2.33. The van der Waals surface area contributed by atoms with Crippen molar-refractivity contribution >= 4 is 67.1 Å². The van der Waals surface area contributed by atoms with Crippen LogP contribution in [-0.2, 0) is 25.9 Å². The molecule has 8 aromatic rings. The number of aryl methyl sites for hydroxylation is 2. The minimum Gasteiger partial charge on any atom is -0.296 e. The second-order valence-electron chi connectivity index (χ2n) is 15.9. The Balaban J connectivity index is 0.000000139. The van der Waals surface area contributed by atoms with Gasteiger partial charge in [0.05, 0.1) is 27.5 Å². The lowest BCUT2D eigenvalue weighted by Gasteiger charge is -2.31. The molecule has 0 spiro atoms. The number of rotatable bonds is 3. The maximum atomic E-state index is 13.0. The summed E-state index contributed by atoms with van der Waals surface area (Å²) in [6.45, 7) is 10.3. The maximum absolute atomic E-state index is 13.0. The van der Waals surface area contributed by atoms with Crippen molar-refractivity contribution in [2.24, 2.45) is 10.8 Å². The van der Waals surface area contributed by atoms with Crippen LogP contribution in [0.1, 0.15) is 52.2 Å². The number of aromatic nitrogens is 8. The van der Waals surface area contributed by atoms with E-state index in [2.05, 4.69) is 65.2 Å². The maximum Gasteiger partial charge on any atom is 0.261 e. The van der Waals surface area contributed by atoms with E-state index >= 15 is 0 Å². The van der Waals surface area contributed by atoms with E-state index in [1.54, 1.807) is 41.3 Å². The molecular weight excluding hydrogens is 864 g/mol. The number of nitrogens with zero attached hydrogens (tertiary/aromatic N) is 8. The molecule has 2 aliphatic heterocycles. The molecule has 0 saturated heterocycles. The van der Waals surface area contributed by atoms with E-state index in [0.717, 1.165) is 97.7 Å². The lowest BCUT2D eigenvalue weighted by Crippen LogP contribution is -2.36. The van der Waals surface area contributed by atoms with Crippen LogP contribution in [0.25, 0.3) is 54.3 Å². The average Bonchev–Trinajstić information content (AvgIpc) is 3.94. The standard InChI is InChI=1S/C22H20N4OS.C17H17N3OS.C5H4IN/c1-22(2)9-8-19-24-17-11-14(6-7-15(17)21(27)26(19)13-22)20-25-18(12-28-20)16-5-3-4-10-23-16;1-17(2)6-5-14-19-13-9-11(15-18-7-8-22-15)3-4-12(13)16(21)20(14)10-17;6-5-3-1-2-4-7-5/h3-7,10-12H,8-9,13H2,1-2H3;3-4,7-9H,5-6,10H2,1-2H3;1-4H. The van der Waals surface area contributed by atoms with Crippen molar-refractivity contribution in [2.75, 3.05) is 0 Å². The summed E-state index contributed by atoms with van der Waals surface area (Å²) in [5, 5.41) is 7.20. The molecule has 8 heterocycles. The molecule has 0 saturated carbocycles. The van der Waals surface area contributed by atoms with E-state index in [0.29, 0.717) is 10.8 Å². The summed E-state index contributed by atoms with van der Waals surface area (Å²) >= 11 is 5.34. The summed E-state index contributed by atoms with van der Waals surface area (Å²) in [4.78, 5) is 52.7. The van der Waals surface area contributed by atoms with Gasteiger partial charge in [-0.15, -0.1) is 22.7 Å². The van der Waals surface area contributed by atoms with Crippen molar-refractivity contribution < 1.29 is 0 Å². The number of benzene rings is 2. The molecule has 6 aromatic heterocycles. The van der Waals surface area contributed by atoms with Gasteiger partial charge in [0.2, 0.25) is 0 Å². The summed E-state index contributed by atoms with van der Waals surface area (Å²) in [6.07, 6.45) is 9.15. The molecule has 10 rings (SSSR count). The van der Waals surface area contributed by atoms with Crippen LogP contribution in [0.4, 0.5) is 0 Å². The SMILES string of the molecule is CC1(C)CCc2nc3cc(-c4nc(-c5ccccn5)cs4)ccc3c(=O)n2C1.CC1(C)CCc2nc3cc(-c4nccs4)ccc3c(=O)n2C1.Ic1ccccn1. The van der Waals surface area contributed by atoms with Crippen LogP contribution in [0, 0.1) is 14.5 Å². The molecule has 288 valence electrons. The molecule has 2 aliphatic rings. The van der Waals surface area contributed by atoms with Gasteiger partial charge in [0.25, 0.3) is 11.1 Å². The van der Waals surface area contributed by atoms with E-state index in [9.17, 15) is 9.59 Å². The lowest BCUT2D eigenvalue weighted by molar-refractivity contribution is 0.240. The molecule has 13 heteroatoms. The van der Waals surface area contributed by atoms with Gasteiger partial charge < -0.3 is 0 Å². The van der Waals surface area contributed by atoms with Gasteiger partial charge in [0.1, 0.15) is 31.1 Å². The highest BCUT2D eigenvalue weighted by Gasteiger charge is 2.29. The molecule has 0 aliphatic carbocycles. The van der Waals surface area contributed by atoms with Crippen LogP contribution in [0.2, 0.25) is 0 Å². The second-order valence-corrected chi connectivity index (χ2v) is 18.7. The number of pyridine rings is 2. The van der Waals surface area contributed by atoms with Gasteiger partial charge in [-0.05, 0) is 94.8 Å².